The average molecular weight is 509 g/mol. The summed E-state index contributed by atoms with van der Waals surface area (Å²) in [5, 5.41) is 2.75. The number of amides is 1. The minimum absolute atomic E-state index is 0.0212. The Morgan fingerprint density at radius 1 is 0.973 bits per heavy atom. The van der Waals surface area contributed by atoms with E-state index >= 15 is 0 Å². The Labute approximate surface area is 217 Å². The van der Waals surface area contributed by atoms with Gasteiger partial charge in [-0.25, -0.2) is 8.78 Å². The Bertz CT molecular complexity index is 1190. The summed E-state index contributed by atoms with van der Waals surface area (Å²) in [6.45, 7) is 8.69. The van der Waals surface area contributed by atoms with E-state index in [2.05, 4.69) is 48.3 Å². The van der Waals surface area contributed by atoms with Crippen molar-refractivity contribution in [1.29, 1.82) is 0 Å². The molecule has 5 nitrogen and oxygen atoms in total. The van der Waals surface area contributed by atoms with Crippen molar-refractivity contribution in [3.8, 4) is 5.75 Å². The van der Waals surface area contributed by atoms with Crippen LogP contribution in [0.1, 0.15) is 46.5 Å². The average Bonchev–Trinajstić information content (AvgIpc) is 2.84. The van der Waals surface area contributed by atoms with Gasteiger partial charge in [0, 0.05) is 44.2 Å². The molecule has 1 aliphatic rings. The van der Waals surface area contributed by atoms with Crippen molar-refractivity contribution >= 4 is 5.91 Å². The fourth-order valence-electron chi connectivity index (χ4n) is 4.57. The van der Waals surface area contributed by atoms with Gasteiger partial charge in [0.15, 0.2) is 0 Å². The first-order valence-corrected chi connectivity index (χ1v) is 12.7. The van der Waals surface area contributed by atoms with Gasteiger partial charge in [0.2, 0.25) is 0 Å². The van der Waals surface area contributed by atoms with Crippen LogP contribution in [0.25, 0.3) is 0 Å². The van der Waals surface area contributed by atoms with Crippen LogP contribution in [0.4, 0.5) is 8.78 Å². The third kappa shape index (κ3) is 8.10. The van der Waals surface area contributed by atoms with Crippen molar-refractivity contribution in [2.45, 2.75) is 33.4 Å². The van der Waals surface area contributed by atoms with Crippen molar-refractivity contribution in [3.05, 3.63) is 100 Å². The van der Waals surface area contributed by atoms with E-state index in [9.17, 15) is 13.6 Å². The molecular weight excluding hydrogens is 474 g/mol. The summed E-state index contributed by atoms with van der Waals surface area (Å²) in [6.07, 6.45) is 0.602. The second kappa shape index (κ2) is 12.8. The third-order valence-electron chi connectivity index (χ3n) is 6.15. The highest BCUT2D eigenvalue weighted by atomic mass is 19.1. The monoisotopic (exact) mass is 508 g/mol. The highest BCUT2D eigenvalue weighted by Gasteiger charge is 2.14. The van der Waals surface area contributed by atoms with E-state index < -0.39 is 11.6 Å². The van der Waals surface area contributed by atoms with E-state index in [4.69, 9.17) is 9.47 Å². The molecule has 1 N–H and O–H groups in total. The minimum Gasteiger partial charge on any atom is -0.491 e. The minimum atomic E-state index is -0.675. The largest absolute Gasteiger partial charge is 0.491 e. The maximum absolute atomic E-state index is 13.5. The van der Waals surface area contributed by atoms with Gasteiger partial charge in [0.1, 0.15) is 24.0 Å². The number of ether oxygens (including phenoxy) is 2. The molecule has 37 heavy (non-hydrogen) atoms. The number of nitrogens with one attached hydrogen (secondary N) is 1. The highest BCUT2D eigenvalue weighted by molar-refractivity contribution is 5.94. The van der Waals surface area contributed by atoms with Gasteiger partial charge in [0.05, 0.1) is 13.2 Å². The zero-order chi connectivity index (χ0) is 26.2. The normalized spacial score (nSPS) is 14.9. The van der Waals surface area contributed by atoms with E-state index in [1.807, 2.05) is 6.07 Å². The number of fused-ring (bicyclic) bond motifs is 3. The molecule has 0 fully saturated rings. The van der Waals surface area contributed by atoms with E-state index in [0.717, 1.165) is 36.8 Å². The molecule has 3 aromatic rings. The van der Waals surface area contributed by atoms with E-state index in [1.54, 1.807) is 12.1 Å². The van der Waals surface area contributed by atoms with Crippen LogP contribution in [0.3, 0.4) is 0 Å². The van der Waals surface area contributed by atoms with Crippen LogP contribution < -0.4 is 10.1 Å². The summed E-state index contributed by atoms with van der Waals surface area (Å²) in [4.78, 5) is 15.3. The lowest BCUT2D eigenvalue weighted by Gasteiger charge is -2.25. The highest BCUT2D eigenvalue weighted by Crippen LogP contribution is 2.25. The van der Waals surface area contributed by atoms with Crippen molar-refractivity contribution in [3.63, 3.8) is 0 Å². The Hall–Kier alpha value is -3.29. The summed E-state index contributed by atoms with van der Waals surface area (Å²) in [7, 11) is 0. The topological polar surface area (TPSA) is 50.8 Å². The second-order valence-corrected chi connectivity index (χ2v) is 9.87. The maximum Gasteiger partial charge on any atom is 0.251 e. The van der Waals surface area contributed by atoms with Crippen LogP contribution in [0.5, 0.6) is 5.75 Å². The molecule has 0 radical (unpaired) electrons. The van der Waals surface area contributed by atoms with Crippen LogP contribution in [0, 0.1) is 17.6 Å². The number of benzene rings is 3. The number of nitrogens with zero attached hydrogens (tertiary/aromatic N) is 1. The smallest absolute Gasteiger partial charge is 0.251 e. The van der Waals surface area contributed by atoms with Crippen molar-refractivity contribution in [2.24, 2.45) is 5.92 Å². The fraction of sp³-hybridized carbons (Fsp3) is 0.367. The lowest BCUT2D eigenvalue weighted by atomic mass is 9.99. The SMILES string of the molecule is CC(C)CN1CCOCCOc2ccc(C(=O)NCc3cc(F)cc(F)c3)cc2Cc2cccc(c2)C1. The molecular formula is C30H34F2N2O3. The van der Waals surface area contributed by atoms with Crippen LogP contribution in [-0.4, -0.2) is 43.7 Å². The molecule has 0 saturated carbocycles. The molecule has 1 heterocycles. The Kier molecular flexibility index (Phi) is 9.25. The molecule has 4 rings (SSSR count). The summed E-state index contributed by atoms with van der Waals surface area (Å²) < 4.78 is 38.8. The number of halogens is 2. The fourth-order valence-corrected chi connectivity index (χ4v) is 4.57. The first kappa shape index (κ1) is 26.8. The van der Waals surface area contributed by atoms with Gasteiger partial charge in [-0.15, -0.1) is 0 Å². The maximum atomic E-state index is 13.5. The lowest BCUT2D eigenvalue weighted by molar-refractivity contribution is 0.0746. The van der Waals surface area contributed by atoms with E-state index in [1.165, 1.54) is 17.7 Å². The summed E-state index contributed by atoms with van der Waals surface area (Å²) in [5.41, 5.74) is 4.06. The molecule has 0 aliphatic carbocycles. The molecule has 2 bridgehead atoms. The van der Waals surface area contributed by atoms with Crippen LogP contribution >= 0.6 is 0 Å². The quantitative estimate of drug-likeness (QED) is 0.505. The molecule has 3 aromatic carbocycles. The first-order valence-electron chi connectivity index (χ1n) is 12.7. The van der Waals surface area contributed by atoms with Crippen molar-refractivity contribution in [1.82, 2.24) is 10.2 Å². The molecule has 0 atom stereocenters. The zero-order valence-electron chi connectivity index (χ0n) is 21.4. The van der Waals surface area contributed by atoms with Crippen molar-refractivity contribution in [2.75, 3.05) is 32.9 Å². The van der Waals surface area contributed by atoms with Gasteiger partial charge >= 0.3 is 0 Å². The summed E-state index contributed by atoms with van der Waals surface area (Å²) in [5.74, 6) is -0.413. The lowest BCUT2D eigenvalue weighted by Crippen LogP contribution is -2.31. The molecule has 0 spiro atoms. The third-order valence-corrected chi connectivity index (χ3v) is 6.15. The number of hydrogen-bond acceptors (Lipinski definition) is 4. The van der Waals surface area contributed by atoms with Crippen LogP contribution in [-0.2, 0) is 24.2 Å². The Balaban J connectivity index is 1.54. The molecule has 0 saturated heterocycles. The summed E-state index contributed by atoms with van der Waals surface area (Å²) >= 11 is 0. The standard InChI is InChI=1S/C30H34F2N2O3/c1-21(2)19-34-8-9-36-10-11-37-29-7-6-25(16-26(29)13-22-4-3-5-23(12-22)20-34)30(35)33-18-24-14-27(31)17-28(32)15-24/h3-7,12,14-17,21H,8-11,13,18-20H2,1-2H3,(H,33,35). The molecule has 1 aliphatic heterocycles. The van der Waals surface area contributed by atoms with Crippen molar-refractivity contribution < 1.29 is 23.0 Å². The number of carbonyl (C=O) groups excluding carboxylic acids is 1. The number of rotatable bonds is 5. The van der Waals surface area contributed by atoms with E-state index in [-0.39, 0.29) is 12.5 Å². The van der Waals surface area contributed by atoms with Gasteiger partial charge < -0.3 is 14.8 Å². The number of hydrogen-bond donors (Lipinski definition) is 1. The molecule has 1 amide bonds. The molecule has 0 unspecified atom stereocenters. The Morgan fingerprint density at radius 2 is 1.76 bits per heavy atom. The predicted molar refractivity (Wildman–Crippen MR) is 140 cm³/mol. The summed E-state index contributed by atoms with van der Waals surface area (Å²) in [6, 6.07) is 17.0. The van der Waals surface area contributed by atoms with Gasteiger partial charge in [-0.2, -0.15) is 0 Å². The predicted octanol–water partition coefficient (Wildman–Crippen LogP) is 5.35. The van der Waals surface area contributed by atoms with Crippen LogP contribution in [0.2, 0.25) is 0 Å². The van der Waals surface area contributed by atoms with Gasteiger partial charge in [0.25, 0.3) is 5.91 Å². The van der Waals surface area contributed by atoms with Gasteiger partial charge in [-0.1, -0.05) is 38.1 Å². The zero-order valence-corrected chi connectivity index (χ0v) is 21.4. The molecule has 0 aromatic heterocycles. The molecule has 7 heteroatoms. The van der Waals surface area contributed by atoms with E-state index in [0.29, 0.717) is 49.0 Å². The first-order chi connectivity index (χ1) is 17.9. The van der Waals surface area contributed by atoms with Crippen LogP contribution in [0.15, 0.2) is 60.7 Å². The number of carbonyl (C=O) groups is 1. The Morgan fingerprint density at radius 3 is 2.54 bits per heavy atom. The van der Waals surface area contributed by atoms with Gasteiger partial charge in [-0.3, -0.25) is 9.69 Å². The van der Waals surface area contributed by atoms with Gasteiger partial charge in [-0.05, 0) is 58.5 Å². The molecule has 196 valence electrons. The second-order valence-electron chi connectivity index (χ2n) is 9.87.